The monoisotopic (exact) mass is 868 g/mol. The van der Waals surface area contributed by atoms with Gasteiger partial charge in [0, 0.05) is 47.6 Å². The predicted molar refractivity (Wildman–Crippen MR) is 274 cm³/mol. The summed E-state index contributed by atoms with van der Waals surface area (Å²) < 4.78 is 155. The van der Waals surface area contributed by atoms with E-state index in [-0.39, 0.29) is 28.2 Å². The van der Waals surface area contributed by atoms with Crippen LogP contribution < -0.4 is 0 Å². The van der Waals surface area contributed by atoms with Crippen LogP contribution in [0.15, 0.2) is 170 Å². The fourth-order valence-electron chi connectivity index (χ4n) is 8.33. The van der Waals surface area contributed by atoms with Gasteiger partial charge >= 0.3 is 0 Å². The number of hydrogen-bond acceptors (Lipinski definition) is 3. The van der Waals surface area contributed by atoms with E-state index in [2.05, 4.69) is 0 Å². The van der Waals surface area contributed by atoms with Crippen molar-refractivity contribution < 1.29 is 29.8 Å². The Kier molecular flexibility index (Phi) is 6.77. The minimum absolute atomic E-state index is 0.0117. The number of phenolic OH excluding ortho intramolecular Hbond substituents is 1. The molecule has 1 N–H and O–H groups in total. The van der Waals surface area contributed by atoms with Gasteiger partial charge in [-0.3, -0.25) is 9.55 Å². The number of aromatic hydroxyl groups is 1. The first-order valence-corrected chi connectivity index (χ1v) is 21.3. The van der Waals surface area contributed by atoms with Crippen molar-refractivity contribution in [3.05, 3.63) is 192 Å². The predicted octanol–water partition coefficient (Wildman–Crippen LogP) is 16.3. The SMILES string of the molecule is [2H]C([2H])([2H])c1cc(-c2ccccc2)ccc1-n1c(-c2cc(C(C)(C)C)cc(C(C)(C([2H])([2H])[2H])C([2H])([2H])[2H])c2O)nc2c(-c3cc(-c4ccccc4)cc(-c4cc(-c5ccc(C(C([2H])([2H])[2H])(C([2H])([2H])[2H])C([2H])([2H])[2H])cc5)ccn4)c3)cccc21. The van der Waals surface area contributed by atoms with E-state index in [1.54, 1.807) is 59.3 Å². The van der Waals surface area contributed by atoms with Crippen LogP contribution in [0.5, 0.6) is 5.75 Å². The number of aromatic nitrogens is 3. The van der Waals surface area contributed by atoms with E-state index in [4.69, 9.17) is 34.6 Å². The molecular formula is C61H59N3O. The van der Waals surface area contributed by atoms with Crippen molar-refractivity contribution in [2.24, 2.45) is 0 Å². The van der Waals surface area contributed by atoms with Gasteiger partial charge in [0.15, 0.2) is 0 Å². The Morgan fingerprint density at radius 3 is 1.80 bits per heavy atom. The van der Waals surface area contributed by atoms with E-state index in [1.165, 1.54) is 30.3 Å². The number of nitrogens with zero attached hydrogens (tertiary/aromatic N) is 3. The highest BCUT2D eigenvalue weighted by molar-refractivity contribution is 5.98. The highest BCUT2D eigenvalue weighted by Crippen LogP contribution is 2.45. The van der Waals surface area contributed by atoms with E-state index in [0.717, 1.165) is 23.6 Å². The van der Waals surface area contributed by atoms with E-state index in [0.29, 0.717) is 55.7 Å². The Morgan fingerprint density at radius 2 is 1.12 bits per heavy atom. The molecule has 0 saturated carbocycles. The standard InChI is InChI=1S/C61H59N3O/c1-39-32-43(40-18-13-11-14-19-40)26-29-54(39)64-55-23-17-22-50(56(55)63-58(64)51-37-49(60(5,6)7)38-52(57(51)65)61(8,9)10)46-33-45(41-20-15-12-16-21-41)34-47(35-46)53-36-44(30-31-62-53)42-24-27-48(28-25-42)59(2,3)4/h11-38,65H,1-10H3/i1D3,2D3,3D3,4D3,8D3,9D3. The Morgan fingerprint density at radius 1 is 0.492 bits per heavy atom. The first-order chi connectivity index (χ1) is 38.4. The summed E-state index contributed by atoms with van der Waals surface area (Å²) in [6, 6.07) is 46.9. The Bertz CT molecular complexity index is 3830. The molecule has 9 rings (SSSR count). The lowest BCUT2D eigenvalue weighted by atomic mass is 9.79. The number of pyridine rings is 1. The number of fused-ring (bicyclic) bond motifs is 1. The zero-order chi connectivity index (χ0) is 60.8. The molecule has 4 heteroatoms. The van der Waals surface area contributed by atoms with Gasteiger partial charge in [0.25, 0.3) is 0 Å². The zero-order valence-electron chi connectivity index (χ0n) is 54.5. The van der Waals surface area contributed by atoms with Crippen LogP contribution in [0.1, 0.15) is 109 Å². The van der Waals surface area contributed by atoms with E-state index >= 15 is 0 Å². The van der Waals surface area contributed by atoms with Crippen molar-refractivity contribution in [3.63, 3.8) is 0 Å². The summed E-state index contributed by atoms with van der Waals surface area (Å²) in [6.07, 6.45) is 1.57. The first-order valence-electron chi connectivity index (χ1n) is 30.3. The third-order valence-electron chi connectivity index (χ3n) is 11.8. The molecule has 0 radical (unpaired) electrons. The average Bonchev–Trinajstić information content (AvgIpc) is 1.95. The van der Waals surface area contributed by atoms with Crippen molar-refractivity contribution in [2.45, 2.75) is 85.1 Å². The number of benzene rings is 7. The lowest BCUT2D eigenvalue weighted by Gasteiger charge is -2.27. The Hall–Kier alpha value is -7.04. The van der Waals surface area contributed by atoms with Gasteiger partial charge in [-0.25, -0.2) is 4.98 Å². The number of imidazole rings is 1. The molecule has 324 valence electrons. The smallest absolute Gasteiger partial charge is 0.149 e. The van der Waals surface area contributed by atoms with Crippen LogP contribution in [0.3, 0.4) is 0 Å². The van der Waals surface area contributed by atoms with E-state index in [9.17, 15) is 5.11 Å². The summed E-state index contributed by atoms with van der Waals surface area (Å²) in [5.74, 6) is -0.676. The van der Waals surface area contributed by atoms with Crippen molar-refractivity contribution >= 4 is 11.0 Å². The molecule has 0 aliphatic rings. The van der Waals surface area contributed by atoms with E-state index < -0.39 is 68.7 Å². The van der Waals surface area contributed by atoms with Gasteiger partial charge in [-0.2, -0.15) is 0 Å². The summed E-state index contributed by atoms with van der Waals surface area (Å²) in [6.45, 7) is -12.7. The van der Waals surface area contributed by atoms with Crippen LogP contribution >= 0.6 is 0 Å². The minimum atomic E-state index is -3.44. The second-order valence-corrected chi connectivity index (χ2v) is 17.8. The van der Waals surface area contributed by atoms with Crippen molar-refractivity contribution in [1.82, 2.24) is 14.5 Å². The summed E-state index contributed by atoms with van der Waals surface area (Å²) >= 11 is 0. The second-order valence-electron chi connectivity index (χ2n) is 17.8. The van der Waals surface area contributed by atoms with Gasteiger partial charge in [0.2, 0.25) is 0 Å². The summed E-state index contributed by atoms with van der Waals surface area (Å²) in [7, 11) is 0. The van der Waals surface area contributed by atoms with Gasteiger partial charge in [-0.05, 0) is 133 Å². The maximum atomic E-state index is 12.7. The molecule has 7 aromatic carbocycles. The second kappa shape index (κ2) is 16.5. The highest BCUT2D eigenvalue weighted by Gasteiger charge is 2.29. The zero-order valence-corrected chi connectivity index (χ0v) is 36.5. The molecule has 0 atom stereocenters. The van der Waals surface area contributed by atoms with Crippen LogP contribution in [-0.4, -0.2) is 19.6 Å². The van der Waals surface area contributed by atoms with Gasteiger partial charge in [-0.15, -0.1) is 0 Å². The Balaban J connectivity index is 1.32. The lowest BCUT2D eigenvalue weighted by Crippen LogP contribution is -2.17. The van der Waals surface area contributed by atoms with Crippen LogP contribution in [0.25, 0.3) is 83.9 Å². The number of para-hydroxylation sites is 1. The van der Waals surface area contributed by atoms with Gasteiger partial charge in [-0.1, -0.05) is 171 Å². The summed E-state index contributed by atoms with van der Waals surface area (Å²) in [4.78, 5) is 10.1. The molecule has 0 amide bonds. The van der Waals surface area contributed by atoms with Crippen LogP contribution in [0.2, 0.25) is 0 Å². The topological polar surface area (TPSA) is 50.9 Å². The maximum Gasteiger partial charge on any atom is 0.149 e. The van der Waals surface area contributed by atoms with Gasteiger partial charge in [0.05, 0.1) is 28.0 Å². The van der Waals surface area contributed by atoms with Crippen LogP contribution in [-0.2, 0) is 16.2 Å². The maximum absolute atomic E-state index is 12.7. The molecule has 65 heavy (non-hydrogen) atoms. The lowest BCUT2D eigenvalue weighted by molar-refractivity contribution is 0.446. The summed E-state index contributed by atoms with van der Waals surface area (Å²) in [5, 5.41) is 12.7. The molecule has 0 fully saturated rings. The molecule has 0 bridgehead atoms. The van der Waals surface area contributed by atoms with Crippen molar-refractivity contribution in [3.8, 4) is 78.6 Å². The first kappa shape index (κ1) is 26.7. The molecule has 0 aliphatic carbocycles. The highest BCUT2D eigenvalue weighted by atomic mass is 16.3. The number of hydrogen-bond donors (Lipinski definition) is 1. The minimum Gasteiger partial charge on any atom is -0.507 e. The van der Waals surface area contributed by atoms with E-state index in [1.807, 2.05) is 106 Å². The molecule has 0 unspecified atom stereocenters. The third-order valence-corrected chi connectivity index (χ3v) is 11.8. The molecule has 2 aromatic heterocycles. The molecule has 0 aliphatic heterocycles. The molecule has 9 aromatic rings. The Labute approximate surface area is 410 Å². The normalized spacial score (nSPS) is 17.5. The fourth-order valence-corrected chi connectivity index (χ4v) is 8.33. The summed E-state index contributed by atoms with van der Waals surface area (Å²) in [5.41, 5.74) is 0.104. The fraction of sp³-hybridized carbons (Fsp3) is 0.213. The number of rotatable bonds is 7. The number of phenols is 1. The quantitative estimate of drug-likeness (QED) is 0.174. The molecule has 0 saturated heterocycles. The van der Waals surface area contributed by atoms with Crippen molar-refractivity contribution in [2.75, 3.05) is 0 Å². The largest absolute Gasteiger partial charge is 0.507 e. The van der Waals surface area contributed by atoms with Crippen LogP contribution in [0, 0.1) is 6.85 Å². The van der Waals surface area contributed by atoms with Crippen LogP contribution in [0.4, 0.5) is 0 Å². The van der Waals surface area contributed by atoms with Crippen molar-refractivity contribution in [1.29, 1.82) is 0 Å². The molecule has 2 heterocycles. The van der Waals surface area contributed by atoms with Gasteiger partial charge < -0.3 is 5.11 Å². The molecule has 0 spiro atoms. The molecule has 4 nitrogen and oxygen atoms in total. The number of aryl methyl sites for hydroxylation is 1. The van der Waals surface area contributed by atoms with Gasteiger partial charge in [0.1, 0.15) is 11.6 Å². The molecular weight excluding hydrogens is 791 g/mol. The third kappa shape index (κ3) is 8.54. The average molecular weight is 868 g/mol.